The Morgan fingerprint density at radius 2 is 2.33 bits per heavy atom. The molecule has 0 amide bonds. The summed E-state index contributed by atoms with van der Waals surface area (Å²) in [5.41, 5.74) is 5.53. The average Bonchev–Trinajstić information content (AvgIpc) is 3.31. The summed E-state index contributed by atoms with van der Waals surface area (Å²) in [5.74, 6) is 0.285. The molecule has 24 heavy (non-hydrogen) atoms. The van der Waals surface area contributed by atoms with E-state index < -0.39 is 20.1 Å². The van der Waals surface area contributed by atoms with Crippen molar-refractivity contribution in [1.29, 1.82) is 0 Å². The van der Waals surface area contributed by atoms with Crippen molar-refractivity contribution in [3.8, 4) is 0 Å². The van der Waals surface area contributed by atoms with E-state index in [1.54, 1.807) is 11.3 Å². The fraction of sp³-hybridized carbons (Fsp3) is 0.211. The molecule has 0 aromatic carbocycles. The Balaban J connectivity index is 1.64. The summed E-state index contributed by atoms with van der Waals surface area (Å²) in [6.07, 6.45) is 9.10. The van der Waals surface area contributed by atoms with Crippen molar-refractivity contribution < 1.29 is 0 Å². The number of aliphatic imine (C=N–C) groups is 2. The van der Waals surface area contributed by atoms with E-state index in [4.69, 9.17) is 4.99 Å². The molecule has 1 aromatic heterocycles. The van der Waals surface area contributed by atoms with Crippen LogP contribution in [-0.4, -0.2) is 22.1 Å². The molecule has 5 heteroatoms. The molecule has 0 N–H and O–H groups in total. The summed E-state index contributed by atoms with van der Waals surface area (Å²) in [4.78, 5) is 10.5. The number of halogens is 1. The molecule has 3 aliphatic heterocycles. The second-order valence-electron chi connectivity index (χ2n) is 5.68. The van der Waals surface area contributed by atoms with Crippen LogP contribution in [0.25, 0.3) is 5.57 Å². The fourth-order valence-corrected chi connectivity index (χ4v) is 6.60. The number of hydrogen-bond acceptors (Lipinski definition) is 4. The number of nitrogens with zero attached hydrogens (tertiary/aromatic N) is 3. The molecular formula is C19H18IN3S. The van der Waals surface area contributed by atoms with E-state index >= 15 is 0 Å². The van der Waals surface area contributed by atoms with E-state index in [0.29, 0.717) is 0 Å². The zero-order valence-corrected chi connectivity index (χ0v) is 16.4. The normalized spacial score (nSPS) is 23.4. The zero-order valence-electron chi connectivity index (χ0n) is 13.4. The Hall–Kier alpha value is -1.60. The first-order chi connectivity index (χ1) is 11.8. The topological polar surface area (TPSA) is 37.1 Å². The Bertz CT molecular complexity index is 853. The van der Waals surface area contributed by atoms with Crippen LogP contribution in [0.1, 0.15) is 18.2 Å². The minimum atomic E-state index is -1.20. The molecule has 3 aliphatic rings. The third-order valence-electron chi connectivity index (χ3n) is 4.22. The molecule has 0 spiro atoms. The van der Waals surface area contributed by atoms with Crippen molar-refractivity contribution in [3.05, 3.63) is 62.7 Å². The quantitative estimate of drug-likeness (QED) is 0.433. The van der Waals surface area contributed by atoms with Crippen molar-refractivity contribution in [2.24, 2.45) is 19.1 Å². The van der Waals surface area contributed by atoms with Gasteiger partial charge in [-0.05, 0) is 0 Å². The van der Waals surface area contributed by atoms with Crippen LogP contribution in [0.2, 0.25) is 0 Å². The van der Waals surface area contributed by atoms with Crippen molar-refractivity contribution >= 4 is 54.6 Å². The Morgan fingerprint density at radius 1 is 1.42 bits per heavy atom. The van der Waals surface area contributed by atoms with Gasteiger partial charge in [0.15, 0.2) is 0 Å². The molecule has 1 aromatic rings. The van der Waals surface area contributed by atoms with Gasteiger partial charge in [0, 0.05) is 0 Å². The third kappa shape index (κ3) is 2.91. The summed E-state index contributed by atoms with van der Waals surface area (Å²) < 4.78 is 8.29. The fourth-order valence-electron chi connectivity index (χ4n) is 2.91. The van der Waals surface area contributed by atoms with Crippen LogP contribution in [0.5, 0.6) is 0 Å². The third-order valence-corrected chi connectivity index (χ3v) is 9.10. The molecule has 0 saturated carbocycles. The molecule has 4 heterocycles. The molecule has 122 valence electrons. The number of rotatable bonds is 4. The maximum atomic E-state index is 4.77. The average molecular weight is 447 g/mol. The van der Waals surface area contributed by atoms with E-state index in [2.05, 4.69) is 49.5 Å². The van der Waals surface area contributed by atoms with Gasteiger partial charge in [-0.25, -0.2) is 0 Å². The molecule has 0 radical (unpaired) electrons. The summed E-state index contributed by atoms with van der Waals surface area (Å²) in [7, 11) is 0. The molecule has 0 bridgehead atoms. The molecule has 3 nitrogen and oxygen atoms in total. The molecule has 4 rings (SSSR count). The zero-order chi connectivity index (χ0) is 16.5. The van der Waals surface area contributed by atoms with E-state index in [1.807, 2.05) is 18.5 Å². The molecule has 0 aliphatic carbocycles. The number of hydrogen-bond donors (Lipinski definition) is 0. The summed E-state index contributed by atoms with van der Waals surface area (Å²) in [6.45, 7) is 6.48. The van der Waals surface area contributed by atoms with Crippen LogP contribution in [0.4, 0.5) is 0 Å². The van der Waals surface area contributed by atoms with Gasteiger partial charge in [0.1, 0.15) is 0 Å². The van der Waals surface area contributed by atoms with Crippen molar-refractivity contribution in [3.63, 3.8) is 0 Å². The van der Waals surface area contributed by atoms with Crippen LogP contribution < -0.4 is 0 Å². The van der Waals surface area contributed by atoms with Crippen LogP contribution in [0.15, 0.2) is 71.0 Å². The molecule has 0 fully saturated rings. The van der Waals surface area contributed by atoms with E-state index in [0.717, 1.165) is 28.3 Å². The van der Waals surface area contributed by atoms with Crippen LogP contribution in [0, 0.1) is 5.92 Å². The second-order valence-corrected chi connectivity index (χ2v) is 11.5. The van der Waals surface area contributed by atoms with Crippen LogP contribution >= 0.6 is 31.4 Å². The van der Waals surface area contributed by atoms with Gasteiger partial charge >= 0.3 is 154 Å². The number of fused-ring (bicyclic) bond motifs is 1. The number of alkyl halides is 1. The van der Waals surface area contributed by atoms with E-state index in [1.165, 1.54) is 15.6 Å². The Morgan fingerprint density at radius 3 is 3.08 bits per heavy atom. The van der Waals surface area contributed by atoms with Crippen LogP contribution in [-0.2, 0) is 0 Å². The first-order valence-electron chi connectivity index (χ1n) is 7.92. The van der Waals surface area contributed by atoms with Crippen molar-refractivity contribution in [1.82, 2.24) is 0 Å². The second kappa shape index (κ2) is 6.72. The monoisotopic (exact) mass is 447 g/mol. The number of thiophene rings is 1. The Labute approximate surface area is 153 Å². The number of allylic oxidation sites excluding steroid dienone is 4. The summed E-state index contributed by atoms with van der Waals surface area (Å²) in [6, 6.07) is 4.13. The Kier molecular flexibility index (Phi) is 4.45. The van der Waals surface area contributed by atoms with E-state index in [9.17, 15) is 0 Å². The van der Waals surface area contributed by atoms with Crippen LogP contribution in [0.3, 0.4) is 0 Å². The van der Waals surface area contributed by atoms with Gasteiger partial charge in [0.25, 0.3) is 0 Å². The van der Waals surface area contributed by atoms with E-state index in [-0.39, 0.29) is 5.92 Å². The van der Waals surface area contributed by atoms with Gasteiger partial charge < -0.3 is 0 Å². The van der Waals surface area contributed by atoms with Gasteiger partial charge in [-0.2, -0.15) is 0 Å². The SMILES string of the molecule is C=C(C1=NC=CC2CC(C3=CI(CC)N=C3)=CN=C12)c1cccs1. The molecule has 0 saturated heterocycles. The maximum absolute atomic E-state index is 4.77. The molecular weight excluding hydrogens is 429 g/mol. The van der Waals surface area contributed by atoms with Crippen molar-refractivity contribution in [2.45, 2.75) is 13.3 Å². The summed E-state index contributed by atoms with van der Waals surface area (Å²) in [5, 5.41) is 2.07. The predicted molar refractivity (Wildman–Crippen MR) is 115 cm³/mol. The minimum absolute atomic E-state index is 0.285. The standard InChI is InChI=1S/C19H18IN3S/c1-3-20-10-16(12-23-20)15-9-14-6-7-21-18(19(14)22-11-15)13(2)17-5-4-8-24-17/h4-8,10-12,14H,2-3,9H2,1H3. The van der Waals surface area contributed by atoms with Gasteiger partial charge in [-0.15, -0.1) is 0 Å². The molecule has 1 atom stereocenters. The predicted octanol–water partition coefficient (Wildman–Crippen LogP) is 5.48. The summed E-state index contributed by atoms with van der Waals surface area (Å²) >= 11 is 0.493. The van der Waals surface area contributed by atoms with Crippen molar-refractivity contribution in [2.75, 3.05) is 4.43 Å². The van der Waals surface area contributed by atoms with Gasteiger partial charge in [0.2, 0.25) is 0 Å². The van der Waals surface area contributed by atoms with Gasteiger partial charge in [-0.3, -0.25) is 0 Å². The van der Waals surface area contributed by atoms with Gasteiger partial charge in [-0.1, -0.05) is 0 Å². The first-order valence-corrected chi connectivity index (χ1v) is 12.5. The van der Waals surface area contributed by atoms with Gasteiger partial charge in [0.05, 0.1) is 0 Å². The first kappa shape index (κ1) is 15.9. The molecule has 1 unspecified atom stereocenters.